The Balaban J connectivity index is 2.22. The first-order chi connectivity index (χ1) is 8.99. The SMILES string of the molecule is Cc1cc(N)c(NCc2c(F)cccc2Cl)cc1C. The van der Waals surface area contributed by atoms with Crippen LogP contribution in [0.25, 0.3) is 0 Å². The highest BCUT2D eigenvalue weighted by Gasteiger charge is 2.08. The number of nitrogens with one attached hydrogen (secondary N) is 1. The fourth-order valence-corrected chi connectivity index (χ4v) is 2.11. The van der Waals surface area contributed by atoms with Crippen molar-refractivity contribution in [3.05, 3.63) is 57.9 Å². The lowest BCUT2D eigenvalue weighted by Gasteiger charge is -2.13. The maximum Gasteiger partial charge on any atom is 0.129 e. The molecule has 2 aromatic rings. The molecule has 0 aliphatic carbocycles. The van der Waals surface area contributed by atoms with Crippen LogP contribution in [-0.2, 0) is 6.54 Å². The zero-order valence-electron chi connectivity index (χ0n) is 10.9. The summed E-state index contributed by atoms with van der Waals surface area (Å²) in [6.45, 7) is 4.32. The van der Waals surface area contributed by atoms with Gasteiger partial charge in [-0.15, -0.1) is 0 Å². The van der Waals surface area contributed by atoms with E-state index >= 15 is 0 Å². The topological polar surface area (TPSA) is 38.0 Å². The van der Waals surface area contributed by atoms with Crippen molar-refractivity contribution in [1.29, 1.82) is 0 Å². The van der Waals surface area contributed by atoms with Crippen LogP contribution in [0.15, 0.2) is 30.3 Å². The Bertz CT molecular complexity index is 591. The van der Waals surface area contributed by atoms with Gasteiger partial charge in [0.2, 0.25) is 0 Å². The van der Waals surface area contributed by atoms with E-state index < -0.39 is 0 Å². The van der Waals surface area contributed by atoms with E-state index in [1.807, 2.05) is 26.0 Å². The molecule has 19 heavy (non-hydrogen) atoms. The second-order valence-electron chi connectivity index (χ2n) is 4.58. The van der Waals surface area contributed by atoms with Crippen LogP contribution in [-0.4, -0.2) is 0 Å². The fraction of sp³-hybridized carbons (Fsp3) is 0.200. The molecule has 0 saturated heterocycles. The van der Waals surface area contributed by atoms with Gasteiger partial charge in [-0.05, 0) is 49.2 Å². The molecule has 0 amide bonds. The van der Waals surface area contributed by atoms with E-state index in [1.54, 1.807) is 12.1 Å². The molecule has 3 N–H and O–H groups in total. The van der Waals surface area contributed by atoms with Gasteiger partial charge in [-0.1, -0.05) is 17.7 Å². The van der Waals surface area contributed by atoms with E-state index in [0.29, 0.717) is 22.8 Å². The van der Waals surface area contributed by atoms with Crippen molar-refractivity contribution in [3.63, 3.8) is 0 Å². The molecular formula is C15H16ClFN2. The van der Waals surface area contributed by atoms with Crippen molar-refractivity contribution >= 4 is 23.0 Å². The van der Waals surface area contributed by atoms with Crippen LogP contribution in [0.1, 0.15) is 16.7 Å². The molecule has 0 bridgehead atoms. The van der Waals surface area contributed by atoms with Gasteiger partial charge in [-0.3, -0.25) is 0 Å². The maximum atomic E-state index is 13.6. The molecule has 0 unspecified atom stereocenters. The Kier molecular flexibility index (Phi) is 3.96. The van der Waals surface area contributed by atoms with E-state index in [4.69, 9.17) is 17.3 Å². The Morgan fingerprint density at radius 1 is 1.21 bits per heavy atom. The van der Waals surface area contributed by atoms with Gasteiger partial charge in [0, 0.05) is 17.1 Å². The Hall–Kier alpha value is -1.74. The Morgan fingerprint density at radius 2 is 1.89 bits per heavy atom. The molecular weight excluding hydrogens is 263 g/mol. The minimum atomic E-state index is -0.317. The molecule has 0 heterocycles. The average molecular weight is 279 g/mol. The summed E-state index contributed by atoms with van der Waals surface area (Å²) in [7, 11) is 0. The summed E-state index contributed by atoms with van der Waals surface area (Å²) < 4.78 is 13.6. The normalized spacial score (nSPS) is 10.5. The molecule has 0 radical (unpaired) electrons. The molecule has 0 spiro atoms. The number of nitrogen functional groups attached to an aromatic ring is 1. The maximum absolute atomic E-state index is 13.6. The Labute approximate surface area is 117 Å². The van der Waals surface area contributed by atoms with Gasteiger partial charge in [0.15, 0.2) is 0 Å². The summed E-state index contributed by atoms with van der Waals surface area (Å²) in [6.07, 6.45) is 0. The third-order valence-corrected chi connectivity index (χ3v) is 3.54. The number of anilines is 2. The number of hydrogen-bond donors (Lipinski definition) is 2. The summed E-state index contributed by atoms with van der Waals surface area (Å²) >= 11 is 5.98. The van der Waals surface area contributed by atoms with Gasteiger partial charge in [0.05, 0.1) is 11.4 Å². The van der Waals surface area contributed by atoms with Gasteiger partial charge in [0.1, 0.15) is 5.82 Å². The third-order valence-electron chi connectivity index (χ3n) is 3.18. The van der Waals surface area contributed by atoms with Crippen LogP contribution in [0.2, 0.25) is 5.02 Å². The summed E-state index contributed by atoms with van der Waals surface area (Å²) in [5.41, 5.74) is 10.1. The van der Waals surface area contributed by atoms with Crippen molar-refractivity contribution in [3.8, 4) is 0 Å². The fourth-order valence-electron chi connectivity index (χ4n) is 1.88. The first-order valence-corrected chi connectivity index (χ1v) is 6.40. The van der Waals surface area contributed by atoms with Crippen molar-refractivity contribution in [2.75, 3.05) is 11.1 Å². The number of halogens is 2. The lowest BCUT2D eigenvalue weighted by Crippen LogP contribution is -2.05. The van der Waals surface area contributed by atoms with Crippen molar-refractivity contribution in [2.45, 2.75) is 20.4 Å². The van der Waals surface area contributed by atoms with Crippen LogP contribution in [0.4, 0.5) is 15.8 Å². The average Bonchev–Trinajstić information content (AvgIpc) is 2.34. The van der Waals surface area contributed by atoms with Crippen molar-refractivity contribution in [2.24, 2.45) is 0 Å². The molecule has 4 heteroatoms. The number of aryl methyl sites for hydroxylation is 2. The van der Waals surface area contributed by atoms with E-state index in [-0.39, 0.29) is 5.82 Å². The molecule has 2 rings (SSSR count). The van der Waals surface area contributed by atoms with Crippen molar-refractivity contribution < 1.29 is 4.39 Å². The molecule has 2 nitrogen and oxygen atoms in total. The first kappa shape index (κ1) is 13.7. The lowest BCUT2D eigenvalue weighted by molar-refractivity contribution is 0.613. The number of rotatable bonds is 3. The molecule has 0 fully saturated rings. The first-order valence-electron chi connectivity index (χ1n) is 6.02. The second-order valence-corrected chi connectivity index (χ2v) is 4.98. The molecule has 0 aliphatic rings. The van der Waals surface area contributed by atoms with E-state index in [0.717, 1.165) is 16.8 Å². The summed E-state index contributed by atoms with van der Waals surface area (Å²) in [5.74, 6) is -0.317. The van der Waals surface area contributed by atoms with Gasteiger partial charge in [0.25, 0.3) is 0 Å². The highest BCUT2D eigenvalue weighted by molar-refractivity contribution is 6.31. The molecule has 0 aliphatic heterocycles. The van der Waals surface area contributed by atoms with E-state index in [9.17, 15) is 4.39 Å². The van der Waals surface area contributed by atoms with Gasteiger partial charge in [-0.2, -0.15) is 0 Å². The van der Waals surface area contributed by atoms with E-state index in [2.05, 4.69) is 5.32 Å². The third kappa shape index (κ3) is 2.99. The number of benzene rings is 2. The summed E-state index contributed by atoms with van der Waals surface area (Å²) in [5, 5.41) is 3.54. The molecule has 100 valence electrons. The highest BCUT2D eigenvalue weighted by atomic mass is 35.5. The van der Waals surface area contributed by atoms with Gasteiger partial charge < -0.3 is 11.1 Å². The standard InChI is InChI=1S/C15H16ClFN2/c1-9-6-14(18)15(7-10(9)2)19-8-11-12(16)4-3-5-13(11)17/h3-7,19H,8,18H2,1-2H3. The number of hydrogen-bond acceptors (Lipinski definition) is 2. The van der Waals surface area contributed by atoms with Gasteiger partial charge in [-0.25, -0.2) is 4.39 Å². The zero-order valence-corrected chi connectivity index (χ0v) is 11.7. The molecule has 0 aromatic heterocycles. The minimum Gasteiger partial charge on any atom is -0.397 e. The van der Waals surface area contributed by atoms with Crippen LogP contribution >= 0.6 is 11.6 Å². The zero-order chi connectivity index (χ0) is 14.0. The minimum absolute atomic E-state index is 0.304. The van der Waals surface area contributed by atoms with Crippen molar-refractivity contribution in [1.82, 2.24) is 0 Å². The van der Waals surface area contributed by atoms with Crippen LogP contribution in [0, 0.1) is 19.7 Å². The predicted molar refractivity (Wildman–Crippen MR) is 79.1 cm³/mol. The smallest absolute Gasteiger partial charge is 0.129 e. The Morgan fingerprint density at radius 3 is 2.58 bits per heavy atom. The largest absolute Gasteiger partial charge is 0.397 e. The monoisotopic (exact) mass is 278 g/mol. The van der Waals surface area contributed by atoms with Crippen LogP contribution in [0.5, 0.6) is 0 Å². The predicted octanol–water partition coefficient (Wildman–Crippen LogP) is 4.29. The summed E-state index contributed by atoms with van der Waals surface area (Å²) in [4.78, 5) is 0. The quantitative estimate of drug-likeness (QED) is 0.822. The molecule has 0 atom stereocenters. The molecule has 0 saturated carbocycles. The van der Waals surface area contributed by atoms with Gasteiger partial charge >= 0.3 is 0 Å². The summed E-state index contributed by atoms with van der Waals surface area (Å²) in [6, 6.07) is 8.52. The van der Waals surface area contributed by atoms with E-state index in [1.165, 1.54) is 6.07 Å². The highest BCUT2D eigenvalue weighted by Crippen LogP contribution is 2.25. The van der Waals surface area contributed by atoms with Crippen LogP contribution < -0.4 is 11.1 Å². The second kappa shape index (κ2) is 5.49. The lowest BCUT2D eigenvalue weighted by atomic mass is 10.1. The number of nitrogens with two attached hydrogens (primary N) is 1. The molecule has 2 aromatic carbocycles. The van der Waals surface area contributed by atoms with Crippen LogP contribution in [0.3, 0.4) is 0 Å².